The van der Waals surface area contributed by atoms with E-state index in [0.717, 1.165) is 4.90 Å². The van der Waals surface area contributed by atoms with Crippen LogP contribution in [0.25, 0.3) is 0 Å². The zero-order valence-corrected chi connectivity index (χ0v) is 12.7. The standard InChI is InChI=1S/C14H14N6O4/c1-14(10-2-4-11(5-3-10)20(23)24)12(21)19(13(22)17-14)7-6-18-9-15-8-16-18/h2-5,8-9H,6-7H2,1H3,(H,17,22). The fourth-order valence-corrected chi connectivity index (χ4v) is 2.56. The number of urea groups is 1. The molecule has 124 valence electrons. The highest BCUT2D eigenvalue weighted by Crippen LogP contribution is 2.29. The van der Waals surface area contributed by atoms with Crippen molar-refractivity contribution in [2.24, 2.45) is 0 Å². The van der Waals surface area contributed by atoms with Gasteiger partial charge in [0.05, 0.1) is 18.0 Å². The molecule has 2 aromatic rings. The molecule has 1 unspecified atom stereocenters. The summed E-state index contributed by atoms with van der Waals surface area (Å²) in [4.78, 5) is 39.9. The van der Waals surface area contributed by atoms with Gasteiger partial charge in [0.1, 0.15) is 18.2 Å². The molecule has 10 heteroatoms. The number of nitrogens with one attached hydrogen (secondary N) is 1. The van der Waals surface area contributed by atoms with Crippen LogP contribution in [0, 0.1) is 10.1 Å². The smallest absolute Gasteiger partial charge is 0.319 e. The summed E-state index contributed by atoms with van der Waals surface area (Å²) in [6, 6.07) is 5.03. The van der Waals surface area contributed by atoms with Crippen LogP contribution in [0.1, 0.15) is 12.5 Å². The van der Waals surface area contributed by atoms with Crippen LogP contribution in [0.5, 0.6) is 0 Å². The minimum Gasteiger partial charge on any atom is -0.319 e. The largest absolute Gasteiger partial charge is 0.325 e. The summed E-state index contributed by atoms with van der Waals surface area (Å²) in [5.41, 5.74) is -0.856. The lowest BCUT2D eigenvalue weighted by molar-refractivity contribution is -0.384. The number of hydrogen-bond donors (Lipinski definition) is 1. The fourth-order valence-electron chi connectivity index (χ4n) is 2.56. The Labute approximate surface area is 136 Å². The number of non-ortho nitro benzene ring substituents is 1. The quantitative estimate of drug-likeness (QED) is 0.488. The van der Waals surface area contributed by atoms with Crippen LogP contribution in [0.4, 0.5) is 10.5 Å². The lowest BCUT2D eigenvalue weighted by Crippen LogP contribution is -2.41. The molecule has 1 aliphatic heterocycles. The molecule has 1 aliphatic rings. The highest BCUT2D eigenvalue weighted by molar-refractivity contribution is 6.07. The number of aromatic nitrogens is 3. The summed E-state index contributed by atoms with van der Waals surface area (Å²) in [5.74, 6) is -0.415. The van der Waals surface area contributed by atoms with Gasteiger partial charge >= 0.3 is 6.03 Å². The molecular weight excluding hydrogens is 316 g/mol. The average molecular weight is 330 g/mol. The summed E-state index contributed by atoms with van der Waals surface area (Å²) in [5, 5.41) is 17.3. The van der Waals surface area contributed by atoms with E-state index in [-0.39, 0.29) is 12.2 Å². The lowest BCUT2D eigenvalue weighted by Gasteiger charge is -2.22. The third-order valence-corrected chi connectivity index (χ3v) is 3.95. The molecule has 0 radical (unpaired) electrons. The molecule has 10 nitrogen and oxygen atoms in total. The molecule has 3 rings (SSSR count). The minimum absolute atomic E-state index is 0.0813. The number of carbonyl (C=O) groups is 2. The van der Waals surface area contributed by atoms with Crippen molar-refractivity contribution in [2.45, 2.75) is 19.0 Å². The Hall–Kier alpha value is -3.30. The van der Waals surface area contributed by atoms with Crippen molar-refractivity contribution >= 4 is 17.6 Å². The van der Waals surface area contributed by atoms with E-state index < -0.39 is 22.4 Å². The molecule has 1 aromatic heterocycles. The predicted octanol–water partition coefficient (Wildman–Crippen LogP) is 0.653. The second kappa shape index (κ2) is 5.72. The maximum absolute atomic E-state index is 12.7. The van der Waals surface area contributed by atoms with Crippen LogP contribution >= 0.6 is 0 Å². The predicted molar refractivity (Wildman–Crippen MR) is 80.7 cm³/mol. The monoisotopic (exact) mass is 330 g/mol. The highest BCUT2D eigenvalue weighted by atomic mass is 16.6. The van der Waals surface area contributed by atoms with Crippen LogP contribution in [-0.2, 0) is 16.9 Å². The molecule has 1 N–H and O–H groups in total. The van der Waals surface area contributed by atoms with E-state index in [1.165, 1.54) is 41.6 Å². The number of nitrogens with zero attached hydrogens (tertiary/aromatic N) is 5. The average Bonchev–Trinajstić information content (AvgIpc) is 3.14. The molecule has 1 aromatic carbocycles. The molecule has 1 saturated heterocycles. The normalized spacial score (nSPS) is 20.3. The molecule has 2 heterocycles. The van der Waals surface area contributed by atoms with Crippen LogP contribution in [0.2, 0.25) is 0 Å². The Balaban J connectivity index is 1.79. The Morgan fingerprint density at radius 1 is 1.25 bits per heavy atom. The van der Waals surface area contributed by atoms with Crippen LogP contribution in [-0.4, -0.2) is 43.1 Å². The molecule has 1 fully saturated rings. The van der Waals surface area contributed by atoms with Crippen molar-refractivity contribution in [3.05, 3.63) is 52.6 Å². The van der Waals surface area contributed by atoms with Gasteiger partial charge in [-0.1, -0.05) is 0 Å². The number of hydrogen-bond acceptors (Lipinski definition) is 6. The Morgan fingerprint density at radius 3 is 2.54 bits per heavy atom. The van der Waals surface area contributed by atoms with Crippen molar-refractivity contribution in [1.29, 1.82) is 0 Å². The zero-order chi connectivity index (χ0) is 17.3. The van der Waals surface area contributed by atoms with Crippen molar-refractivity contribution in [1.82, 2.24) is 25.0 Å². The topological polar surface area (TPSA) is 123 Å². The maximum atomic E-state index is 12.7. The minimum atomic E-state index is -1.26. The zero-order valence-electron chi connectivity index (χ0n) is 12.7. The second-order valence-electron chi connectivity index (χ2n) is 5.47. The Kier molecular flexibility index (Phi) is 3.72. The van der Waals surface area contributed by atoms with Crippen molar-refractivity contribution in [2.75, 3.05) is 6.54 Å². The summed E-state index contributed by atoms with van der Waals surface area (Å²) in [6.07, 6.45) is 2.86. The number of nitro groups is 1. The summed E-state index contributed by atoms with van der Waals surface area (Å²) in [6.45, 7) is 2.05. The first kappa shape index (κ1) is 15.6. The number of rotatable bonds is 5. The van der Waals surface area contributed by atoms with E-state index in [1.54, 1.807) is 6.92 Å². The van der Waals surface area contributed by atoms with Gasteiger partial charge in [-0.3, -0.25) is 24.5 Å². The SMILES string of the molecule is CC1(c2ccc([N+](=O)[O-])cc2)NC(=O)N(CCn2cncn2)C1=O. The van der Waals surface area contributed by atoms with Gasteiger partial charge < -0.3 is 5.32 Å². The van der Waals surface area contributed by atoms with E-state index in [2.05, 4.69) is 15.4 Å². The second-order valence-corrected chi connectivity index (χ2v) is 5.47. The molecule has 3 amide bonds. The first-order valence-corrected chi connectivity index (χ1v) is 7.13. The fraction of sp³-hybridized carbons (Fsp3) is 0.286. The summed E-state index contributed by atoms with van der Waals surface area (Å²) in [7, 11) is 0. The first-order valence-electron chi connectivity index (χ1n) is 7.13. The van der Waals surface area contributed by atoms with Gasteiger partial charge in [0, 0.05) is 12.1 Å². The van der Waals surface area contributed by atoms with Gasteiger partial charge in [0.2, 0.25) is 0 Å². The molecule has 1 atom stereocenters. The van der Waals surface area contributed by atoms with E-state index in [0.29, 0.717) is 12.1 Å². The van der Waals surface area contributed by atoms with Gasteiger partial charge in [-0.05, 0) is 24.6 Å². The van der Waals surface area contributed by atoms with E-state index in [9.17, 15) is 19.7 Å². The Morgan fingerprint density at radius 2 is 1.96 bits per heavy atom. The number of carbonyl (C=O) groups excluding carboxylic acids is 2. The third kappa shape index (κ3) is 2.57. The number of benzene rings is 1. The van der Waals surface area contributed by atoms with Crippen molar-refractivity contribution < 1.29 is 14.5 Å². The number of imide groups is 1. The van der Waals surface area contributed by atoms with Gasteiger partial charge in [-0.15, -0.1) is 0 Å². The molecule has 0 bridgehead atoms. The van der Waals surface area contributed by atoms with Gasteiger partial charge in [-0.25, -0.2) is 9.78 Å². The first-order chi connectivity index (χ1) is 11.4. The maximum Gasteiger partial charge on any atom is 0.325 e. The van der Waals surface area contributed by atoms with Crippen molar-refractivity contribution in [3.63, 3.8) is 0 Å². The lowest BCUT2D eigenvalue weighted by atomic mass is 9.92. The molecule has 0 spiro atoms. The van der Waals surface area contributed by atoms with E-state index >= 15 is 0 Å². The molecule has 24 heavy (non-hydrogen) atoms. The number of amides is 3. The highest BCUT2D eigenvalue weighted by Gasteiger charge is 2.48. The number of nitro benzene ring substituents is 1. The Bertz CT molecular complexity index is 788. The summed E-state index contributed by atoms with van der Waals surface area (Å²) < 4.78 is 1.52. The van der Waals surface area contributed by atoms with Gasteiger partial charge in [-0.2, -0.15) is 5.10 Å². The molecule has 0 saturated carbocycles. The van der Waals surface area contributed by atoms with Crippen molar-refractivity contribution in [3.8, 4) is 0 Å². The van der Waals surface area contributed by atoms with E-state index in [1.807, 2.05) is 0 Å². The molecule has 0 aliphatic carbocycles. The van der Waals surface area contributed by atoms with Gasteiger partial charge in [0.15, 0.2) is 0 Å². The van der Waals surface area contributed by atoms with Crippen LogP contribution in [0.15, 0.2) is 36.9 Å². The third-order valence-electron chi connectivity index (χ3n) is 3.95. The van der Waals surface area contributed by atoms with E-state index in [4.69, 9.17) is 0 Å². The van der Waals surface area contributed by atoms with Gasteiger partial charge in [0.25, 0.3) is 11.6 Å². The van der Waals surface area contributed by atoms with Crippen LogP contribution in [0.3, 0.4) is 0 Å². The molecular formula is C14H14N6O4. The van der Waals surface area contributed by atoms with Crippen LogP contribution < -0.4 is 5.32 Å². The summed E-state index contributed by atoms with van der Waals surface area (Å²) >= 11 is 0.